The fourth-order valence-corrected chi connectivity index (χ4v) is 2.63. The third-order valence-corrected chi connectivity index (χ3v) is 3.87. The highest BCUT2D eigenvalue weighted by Crippen LogP contribution is 2.26. The van der Waals surface area contributed by atoms with E-state index in [9.17, 15) is 13.6 Å². The van der Waals surface area contributed by atoms with Gasteiger partial charge in [-0.3, -0.25) is 9.48 Å². The van der Waals surface area contributed by atoms with Gasteiger partial charge in [-0.05, 0) is 18.2 Å². The van der Waals surface area contributed by atoms with Crippen molar-refractivity contribution in [3.05, 3.63) is 47.8 Å². The van der Waals surface area contributed by atoms with E-state index in [-0.39, 0.29) is 23.0 Å². The highest BCUT2D eigenvalue weighted by molar-refractivity contribution is 5.94. The Balaban J connectivity index is 1.78. The Labute approximate surface area is 140 Å². The predicted molar refractivity (Wildman–Crippen MR) is 85.4 cm³/mol. The molecule has 1 aliphatic heterocycles. The van der Waals surface area contributed by atoms with Crippen molar-refractivity contribution in [2.45, 2.75) is 6.54 Å². The van der Waals surface area contributed by atoms with Gasteiger partial charge in [0.05, 0.1) is 23.5 Å². The largest absolute Gasteiger partial charge is 0.396 e. The molecule has 0 saturated heterocycles. The Morgan fingerprint density at radius 3 is 2.80 bits per heavy atom. The number of carbonyl (C=O) groups excluding carboxylic acids is 1. The van der Waals surface area contributed by atoms with E-state index in [1.165, 1.54) is 6.20 Å². The second-order valence-corrected chi connectivity index (χ2v) is 5.51. The molecule has 0 atom stereocenters. The quantitative estimate of drug-likeness (QED) is 0.690. The van der Waals surface area contributed by atoms with Gasteiger partial charge in [0.2, 0.25) is 0 Å². The van der Waals surface area contributed by atoms with Gasteiger partial charge in [-0.15, -0.1) is 0 Å². The number of nitrogens with two attached hydrogens (primary N) is 1. The molecule has 4 rings (SSSR count). The molecule has 9 heteroatoms. The Morgan fingerprint density at radius 1 is 1.16 bits per heavy atom. The van der Waals surface area contributed by atoms with Gasteiger partial charge < -0.3 is 11.1 Å². The Hall–Kier alpha value is -3.36. The van der Waals surface area contributed by atoms with Crippen LogP contribution in [0.5, 0.6) is 0 Å². The molecular weight excluding hydrogens is 330 g/mol. The number of fused-ring (bicyclic) bond motifs is 1. The summed E-state index contributed by atoms with van der Waals surface area (Å²) < 4.78 is 29.3. The van der Waals surface area contributed by atoms with Gasteiger partial charge in [-0.25, -0.2) is 18.7 Å². The maximum Gasteiger partial charge on any atom is 0.269 e. The van der Waals surface area contributed by atoms with Crippen molar-refractivity contribution in [2.75, 3.05) is 12.3 Å². The van der Waals surface area contributed by atoms with Crippen molar-refractivity contribution in [2.24, 2.45) is 0 Å². The lowest BCUT2D eigenvalue weighted by Crippen LogP contribution is -2.35. The number of nitrogens with one attached hydrogen (secondary N) is 1. The first-order valence-corrected chi connectivity index (χ1v) is 7.47. The average molecular weight is 342 g/mol. The molecule has 1 amide bonds. The summed E-state index contributed by atoms with van der Waals surface area (Å²) in [5.74, 6) is -1.69. The summed E-state index contributed by atoms with van der Waals surface area (Å²) in [5.41, 5.74) is 6.24. The van der Waals surface area contributed by atoms with E-state index >= 15 is 0 Å². The molecule has 3 aromatic rings. The zero-order valence-electron chi connectivity index (χ0n) is 12.8. The first kappa shape index (κ1) is 15.2. The monoisotopic (exact) mass is 342 g/mol. The summed E-state index contributed by atoms with van der Waals surface area (Å²) >= 11 is 0. The second kappa shape index (κ2) is 5.62. The molecule has 0 aliphatic carbocycles. The molecule has 126 valence electrons. The van der Waals surface area contributed by atoms with Gasteiger partial charge in [-0.2, -0.15) is 5.10 Å². The fourth-order valence-electron chi connectivity index (χ4n) is 2.63. The SMILES string of the molecule is Nc1cc(F)c(-c2nccc(-c3cc4n(n3)CCNC4=O)n2)cc1F. The normalized spacial score (nSPS) is 13.4. The molecule has 3 heterocycles. The number of hydrogen-bond donors (Lipinski definition) is 2. The highest BCUT2D eigenvalue weighted by atomic mass is 19.1. The fraction of sp³-hybridized carbons (Fsp3) is 0.125. The van der Waals surface area contributed by atoms with Crippen LogP contribution in [-0.2, 0) is 6.54 Å². The topological polar surface area (TPSA) is 98.7 Å². The third kappa shape index (κ3) is 2.59. The van der Waals surface area contributed by atoms with Gasteiger partial charge in [0.25, 0.3) is 5.91 Å². The van der Waals surface area contributed by atoms with Gasteiger partial charge in [-0.1, -0.05) is 0 Å². The van der Waals surface area contributed by atoms with Gasteiger partial charge in [0, 0.05) is 18.8 Å². The van der Waals surface area contributed by atoms with Crippen LogP contribution < -0.4 is 11.1 Å². The number of benzene rings is 1. The van der Waals surface area contributed by atoms with Crippen molar-refractivity contribution < 1.29 is 13.6 Å². The average Bonchev–Trinajstić information content (AvgIpc) is 3.04. The number of rotatable bonds is 2. The van der Waals surface area contributed by atoms with Crippen molar-refractivity contribution >= 4 is 11.6 Å². The number of amides is 1. The summed E-state index contributed by atoms with van der Waals surface area (Å²) in [5, 5.41) is 7.06. The van der Waals surface area contributed by atoms with E-state index < -0.39 is 11.6 Å². The molecule has 0 radical (unpaired) electrons. The van der Waals surface area contributed by atoms with Gasteiger partial charge in [0.1, 0.15) is 23.0 Å². The van der Waals surface area contributed by atoms with E-state index in [0.29, 0.717) is 30.2 Å². The lowest BCUT2D eigenvalue weighted by atomic mass is 10.1. The van der Waals surface area contributed by atoms with Crippen LogP contribution in [0.25, 0.3) is 22.8 Å². The zero-order chi connectivity index (χ0) is 17.6. The first-order chi connectivity index (χ1) is 12.0. The number of hydrogen-bond acceptors (Lipinski definition) is 5. The van der Waals surface area contributed by atoms with Crippen molar-refractivity contribution in [1.82, 2.24) is 25.1 Å². The van der Waals surface area contributed by atoms with Crippen molar-refractivity contribution in [3.63, 3.8) is 0 Å². The van der Waals surface area contributed by atoms with E-state index in [1.54, 1.807) is 16.8 Å². The molecule has 0 bridgehead atoms. The van der Waals surface area contributed by atoms with Gasteiger partial charge in [0.15, 0.2) is 5.82 Å². The molecule has 3 N–H and O–H groups in total. The number of aromatic nitrogens is 4. The molecule has 25 heavy (non-hydrogen) atoms. The number of nitrogens with zero attached hydrogens (tertiary/aromatic N) is 4. The minimum absolute atomic E-state index is 0.00400. The molecular formula is C16H12F2N6O. The van der Waals surface area contributed by atoms with Crippen LogP contribution in [0.4, 0.5) is 14.5 Å². The van der Waals surface area contributed by atoms with Crippen molar-refractivity contribution in [3.8, 4) is 22.8 Å². The molecule has 0 fully saturated rings. The Morgan fingerprint density at radius 2 is 2.00 bits per heavy atom. The maximum absolute atomic E-state index is 14.1. The zero-order valence-corrected chi connectivity index (χ0v) is 12.8. The Kier molecular flexibility index (Phi) is 3.41. The van der Waals surface area contributed by atoms with E-state index in [0.717, 1.165) is 12.1 Å². The number of carbonyl (C=O) groups is 1. The Bertz CT molecular complexity index is 1000. The van der Waals surface area contributed by atoms with E-state index in [1.807, 2.05) is 0 Å². The van der Waals surface area contributed by atoms with Crippen LogP contribution in [0, 0.1) is 11.6 Å². The van der Waals surface area contributed by atoms with Crippen LogP contribution in [0.3, 0.4) is 0 Å². The minimum Gasteiger partial charge on any atom is -0.396 e. The third-order valence-electron chi connectivity index (χ3n) is 3.87. The van der Waals surface area contributed by atoms with Gasteiger partial charge >= 0.3 is 0 Å². The van der Waals surface area contributed by atoms with Crippen LogP contribution in [0.1, 0.15) is 10.5 Å². The molecule has 0 unspecified atom stereocenters. The summed E-state index contributed by atoms with van der Waals surface area (Å²) in [6.07, 6.45) is 1.42. The number of anilines is 1. The summed E-state index contributed by atoms with van der Waals surface area (Å²) in [6, 6.07) is 5.03. The van der Waals surface area contributed by atoms with Crippen LogP contribution in [0.15, 0.2) is 30.5 Å². The van der Waals surface area contributed by atoms with E-state index in [4.69, 9.17) is 5.73 Å². The highest BCUT2D eigenvalue weighted by Gasteiger charge is 2.21. The molecule has 0 saturated carbocycles. The first-order valence-electron chi connectivity index (χ1n) is 7.47. The molecule has 0 spiro atoms. The maximum atomic E-state index is 14.1. The standard InChI is InChI=1S/C16H12F2N6O/c17-9-6-11(19)10(18)5-8(9)15-20-2-1-12(22-15)13-7-14-16(25)21-3-4-24(14)23-13/h1-2,5-7H,3-4,19H2,(H,21,25). The molecule has 1 aromatic carbocycles. The molecule has 2 aromatic heterocycles. The predicted octanol–water partition coefficient (Wildman–Crippen LogP) is 1.61. The van der Waals surface area contributed by atoms with Crippen LogP contribution in [-0.4, -0.2) is 32.2 Å². The number of halogens is 2. The lowest BCUT2D eigenvalue weighted by Gasteiger charge is -2.13. The number of nitrogen functional groups attached to an aromatic ring is 1. The summed E-state index contributed by atoms with van der Waals surface area (Å²) in [7, 11) is 0. The van der Waals surface area contributed by atoms with Crippen LogP contribution in [0.2, 0.25) is 0 Å². The molecule has 7 nitrogen and oxygen atoms in total. The minimum atomic E-state index is -0.750. The second-order valence-electron chi connectivity index (χ2n) is 5.51. The molecule has 1 aliphatic rings. The smallest absolute Gasteiger partial charge is 0.269 e. The van der Waals surface area contributed by atoms with Crippen LogP contribution >= 0.6 is 0 Å². The van der Waals surface area contributed by atoms with E-state index in [2.05, 4.69) is 20.4 Å². The summed E-state index contributed by atoms with van der Waals surface area (Å²) in [4.78, 5) is 20.1. The summed E-state index contributed by atoms with van der Waals surface area (Å²) in [6.45, 7) is 1.05. The van der Waals surface area contributed by atoms with Crippen molar-refractivity contribution in [1.29, 1.82) is 0 Å². The lowest BCUT2D eigenvalue weighted by molar-refractivity contribution is 0.0924.